The van der Waals surface area contributed by atoms with Crippen LogP contribution in [0.2, 0.25) is 0 Å². The molecule has 3 rings (SSSR count). The average Bonchev–Trinajstić information content (AvgIpc) is 3.18. The second-order valence-electron chi connectivity index (χ2n) is 6.77. The second kappa shape index (κ2) is 10.1. The first-order valence-corrected chi connectivity index (χ1v) is 10.5. The quantitative estimate of drug-likeness (QED) is 0.519. The van der Waals surface area contributed by atoms with Crippen molar-refractivity contribution in [1.82, 2.24) is 10.2 Å². The Hall–Kier alpha value is -2.80. The highest BCUT2D eigenvalue weighted by atomic mass is 32.2. The fourth-order valence-electron chi connectivity index (χ4n) is 2.95. The van der Waals surface area contributed by atoms with E-state index < -0.39 is 0 Å². The van der Waals surface area contributed by atoms with Crippen LogP contribution in [0.1, 0.15) is 29.0 Å². The van der Waals surface area contributed by atoms with E-state index in [2.05, 4.69) is 27.6 Å². The molecule has 0 aliphatic heterocycles. The summed E-state index contributed by atoms with van der Waals surface area (Å²) in [5, 5.41) is 11.5. The Morgan fingerprint density at radius 1 is 1.07 bits per heavy atom. The summed E-state index contributed by atoms with van der Waals surface area (Å²) in [5.74, 6) is 1.58. The number of carbonyl (C=O) groups is 1. The Balaban J connectivity index is 1.43. The van der Waals surface area contributed by atoms with Crippen LogP contribution in [0.3, 0.4) is 0 Å². The zero-order valence-electron chi connectivity index (χ0n) is 16.9. The van der Waals surface area contributed by atoms with Gasteiger partial charge in [0, 0.05) is 12.1 Å². The van der Waals surface area contributed by atoms with Gasteiger partial charge in [0.1, 0.15) is 5.75 Å². The Morgan fingerprint density at radius 2 is 1.79 bits per heavy atom. The molecule has 0 radical (unpaired) electrons. The van der Waals surface area contributed by atoms with Crippen molar-refractivity contribution in [2.75, 3.05) is 18.2 Å². The molecule has 2 aromatic carbocycles. The Labute approximate surface area is 175 Å². The lowest BCUT2D eigenvalue weighted by Crippen LogP contribution is -2.15. The molecule has 7 heteroatoms. The number of para-hydroxylation sites is 1. The molecule has 0 bridgehead atoms. The number of hydrogen-bond acceptors (Lipinski definition) is 6. The first-order valence-electron chi connectivity index (χ1n) is 9.49. The molecular formula is C22H25N3O3S. The minimum Gasteiger partial charge on any atom is -0.497 e. The van der Waals surface area contributed by atoms with Gasteiger partial charge in [0.25, 0.3) is 5.22 Å². The SMILES string of the molecule is COc1ccc(CCCc2nnc(SCC(=O)Nc3c(C)cccc3C)o2)cc1. The van der Waals surface area contributed by atoms with Gasteiger partial charge >= 0.3 is 0 Å². The summed E-state index contributed by atoms with van der Waals surface area (Å²) in [7, 11) is 1.66. The lowest BCUT2D eigenvalue weighted by Gasteiger charge is -2.10. The third-order valence-corrected chi connectivity index (χ3v) is 5.35. The van der Waals surface area contributed by atoms with Gasteiger partial charge in [-0.05, 0) is 55.5 Å². The summed E-state index contributed by atoms with van der Waals surface area (Å²) < 4.78 is 10.8. The maximum Gasteiger partial charge on any atom is 0.277 e. The number of rotatable bonds is 9. The predicted molar refractivity (Wildman–Crippen MR) is 115 cm³/mol. The Kier molecular flexibility index (Phi) is 7.30. The third-order valence-electron chi connectivity index (χ3n) is 4.54. The Morgan fingerprint density at radius 3 is 2.48 bits per heavy atom. The first kappa shape index (κ1) is 20.9. The van der Waals surface area contributed by atoms with Gasteiger partial charge in [-0.15, -0.1) is 10.2 Å². The van der Waals surface area contributed by atoms with Crippen LogP contribution >= 0.6 is 11.8 Å². The third kappa shape index (κ3) is 6.09. The summed E-state index contributed by atoms with van der Waals surface area (Å²) in [6.07, 6.45) is 2.53. The maximum absolute atomic E-state index is 12.2. The largest absolute Gasteiger partial charge is 0.497 e. The molecular weight excluding hydrogens is 386 g/mol. The molecule has 0 saturated heterocycles. The van der Waals surface area contributed by atoms with E-state index in [4.69, 9.17) is 9.15 Å². The molecule has 1 aromatic heterocycles. The number of anilines is 1. The van der Waals surface area contributed by atoms with Gasteiger partial charge in [0.15, 0.2) is 0 Å². The van der Waals surface area contributed by atoms with Crippen LogP contribution in [0.5, 0.6) is 5.75 Å². The number of ether oxygens (including phenoxy) is 1. The van der Waals surface area contributed by atoms with E-state index in [0.717, 1.165) is 35.4 Å². The van der Waals surface area contributed by atoms with Crippen molar-refractivity contribution in [1.29, 1.82) is 0 Å². The molecule has 3 aromatic rings. The van der Waals surface area contributed by atoms with Crippen LogP contribution in [0, 0.1) is 13.8 Å². The first-order chi connectivity index (χ1) is 14.0. The number of aryl methyl sites for hydroxylation is 4. The van der Waals surface area contributed by atoms with Crippen molar-refractivity contribution in [3.8, 4) is 5.75 Å². The van der Waals surface area contributed by atoms with E-state index in [-0.39, 0.29) is 11.7 Å². The van der Waals surface area contributed by atoms with E-state index in [1.54, 1.807) is 7.11 Å². The van der Waals surface area contributed by atoms with Crippen molar-refractivity contribution >= 4 is 23.4 Å². The van der Waals surface area contributed by atoms with Crippen molar-refractivity contribution in [2.45, 2.75) is 38.3 Å². The normalized spacial score (nSPS) is 10.7. The van der Waals surface area contributed by atoms with Gasteiger partial charge in [0.2, 0.25) is 11.8 Å². The van der Waals surface area contributed by atoms with Crippen LogP contribution in [0.15, 0.2) is 52.1 Å². The number of benzene rings is 2. The molecule has 0 atom stereocenters. The van der Waals surface area contributed by atoms with Crippen molar-refractivity contribution in [2.24, 2.45) is 0 Å². The zero-order valence-corrected chi connectivity index (χ0v) is 17.7. The van der Waals surface area contributed by atoms with Crippen molar-refractivity contribution < 1.29 is 13.9 Å². The maximum atomic E-state index is 12.2. The van der Waals surface area contributed by atoms with Crippen molar-refractivity contribution in [3.63, 3.8) is 0 Å². The number of amides is 1. The van der Waals surface area contributed by atoms with E-state index in [1.165, 1.54) is 17.3 Å². The highest BCUT2D eigenvalue weighted by Gasteiger charge is 2.12. The average molecular weight is 412 g/mol. The highest BCUT2D eigenvalue weighted by molar-refractivity contribution is 7.99. The lowest BCUT2D eigenvalue weighted by atomic mass is 10.1. The monoisotopic (exact) mass is 411 g/mol. The molecule has 6 nitrogen and oxygen atoms in total. The van der Waals surface area contributed by atoms with Crippen LogP contribution < -0.4 is 10.1 Å². The minimum absolute atomic E-state index is 0.0911. The topological polar surface area (TPSA) is 77.2 Å². The van der Waals surface area contributed by atoms with Gasteiger partial charge in [-0.2, -0.15) is 0 Å². The van der Waals surface area contributed by atoms with Gasteiger partial charge in [-0.25, -0.2) is 0 Å². The second-order valence-corrected chi connectivity index (χ2v) is 7.69. The van der Waals surface area contributed by atoms with Gasteiger partial charge in [0.05, 0.1) is 12.9 Å². The number of thioether (sulfide) groups is 1. The summed E-state index contributed by atoms with van der Waals surface area (Å²) >= 11 is 1.25. The van der Waals surface area contributed by atoms with E-state index in [9.17, 15) is 4.79 Å². The number of carbonyl (C=O) groups excluding carboxylic acids is 1. The summed E-state index contributed by atoms with van der Waals surface area (Å²) in [6.45, 7) is 3.96. The lowest BCUT2D eigenvalue weighted by molar-refractivity contribution is -0.113. The molecule has 0 saturated carbocycles. The van der Waals surface area contributed by atoms with Gasteiger partial charge < -0.3 is 14.5 Å². The van der Waals surface area contributed by atoms with Crippen LogP contribution in [-0.4, -0.2) is 29.0 Å². The smallest absolute Gasteiger partial charge is 0.277 e. The summed E-state index contributed by atoms with van der Waals surface area (Å²) in [4.78, 5) is 12.2. The van der Waals surface area contributed by atoms with Crippen LogP contribution in [0.25, 0.3) is 0 Å². The molecule has 29 heavy (non-hydrogen) atoms. The number of hydrogen-bond donors (Lipinski definition) is 1. The zero-order chi connectivity index (χ0) is 20.6. The van der Waals surface area contributed by atoms with Crippen LogP contribution in [0.4, 0.5) is 5.69 Å². The highest BCUT2D eigenvalue weighted by Crippen LogP contribution is 2.21. The van der Waals surface area contributed by atoms with Gasteiger partial charge in [-0.3, -0.25) is 4.79 Å². The number of nitrogens with zero attached hydrogens (tertiary/aromatic N) is 2. The number of aromatic nitrogens is 2. The van der Waals surface area contributed by atoms with Crippen LogP contribution in [-0.2, 0) is 17.6 Å². The number of nitrogens with one attached hydrogen (secondary N) is 1. The molecule has 1 amide bonds. The fourth-order valence-corrected chi connectivity index (χ4v) is 3.53. The van der Waals surface area contributed by atoms with Gasteiger partial charge in [-0.1, -0.05) is 42.1 Å². The van der Waals surface area contributed by atoms with E-state index >= 15 is 0 Å². The predicted octanol–water partition coefficient (Wildman–Crippen LogP) is 4.60. The minimum atomic E-state index is -0.0911. The molecule has 1 heterocycles. The summed E-state index contributed by atoms with van der Waals surface area (Å²) in [6, 6.07) is 14.0. The molecule has 0 fully saturated rings. The Bertz CT molecular complexity index is 934. The molecule has 152 valence electrons. The molecule has 0 aliphatic rings. The standard InChI is InChI=1S/C22H25N3O3S/c1-15-6-4-7-16(2)21(15)23-19(26)14-29-22-25-24-20(28-22)9-5-8-17-10-12-18(27-3)13-11-17/h4,6-7,10-13H,5,8-9,14H2,1-3H3,(H,23,26). The number of methoxy groups -OCH3 is 1. The molecule has 0 aliphatic carbocycles. The molecule has 0 unspecified atom stereocenters. The summed E-state index contributed by atoms with van der Waals surface area (Å²) in [5.41, 5.74) is 4.19. The molecule has 0 spiro atoms. The van der Waals surface area contributed by atoms with E-state index in [1.807, 2.05) is 44.2 Å². The van der Waals surface area contributed by atoms with Crippen molar-refractivity contribution in [3.05, 3.63) is 65.0 Å². The fraction of sp³-hybridized carbons (Fsp3) is 0.318. The van der Waals surface area contributed by atoms with E-state index in [0.29, 0.717) is 17.5 Å². The molecule has 1 N–H and O–H groups in total.